The van der Waals surface area contributed by atoms with Crippen LogP contribution in [0.4, 0.5) is 4.79 Å². The van der Waals surface area contributed by atoms with E-state index in [1.807, 2.05) is 29.2 Å². The molecule has 2 heterocycles. The van der Waals surface area contributed by atoms with Gasteiger partial charge in [-0.15, -0.1) is 0 Å². The van der Waals surface area contributed by atoms with Gasteiger partial charge in [0.05, 0.1) is 30.9 Å². The zero-order chi connectivity index (χ0) is 24.9. The topological polar surface area (TPSA) is 59.0 Å². The van der Waals surface area contributed by atoms with Gasteiger partial charge in [-0.1, -0.05) is 86.6 Å². The van der Waals surface area contributed by atoms with Crippen molar-refractivity contribution in [1.29, 1.82) is 0 Å². The smallest absolute Gasteiger partial charge is 0.410 e. The van der Waals surface area contributed by atoms with E-state index in [2.05, 4.69) is 62.4 Å². The molecular weight excluding hydrogens is 450 g/mol. The molecule has 0 spiro atoms. The van der Waals surface area contributed by atoms with Gasteiger partial charge in [0, 0.05) is 18.8 Å². The highest BCUT2D eigenvalue weighted by Crippen LogP contribution is 2.45. The van der Waals surface area contributed by atoms with Crippen molar-refractivity contribution in [1.82, 2.24) is 4.90 Å². The van der Waals surface area contributed by atoms with Crippen molar-refractivity contribution in [3.05, 3.63) is 95.1 Å². The van der Waals surface area contributed by atoms with E-state index in [0.29, 0.717) is 38.6 Å². The number of aliphatic hydroxyl groups is 1. The maximum atomic E-state index is 13.4. The van der Waals surface area contributed by atoms with Crippen LogP contribution in [0.5, 0.6) is 0 Å². The molecule has 186 valence electrons. The SMILES string of the molecule is CC(C)c1ccc(C2(O)CC3COCC(C2)N3C(=O)OCC2c3ccccc3-c3ccccc32)cc1. The van der Waals surface area contributed by atoms with Gasteiger partial charge in [0.25, 0.3) is 0 Å². The Morgan fingerprint density at radius 2 is 1.50 bits per heavy atom. The predicted molar refractivity (Wildman–Crippen MR) is 139 cm³/mol. The summed E-state index contributed by atoms with van der Waals surface area (Å²) >= 11 is 0. The molecule has 1 aliphatic carbocycles. The van der Waals surface area contributed by atoms with Crippen LogP contribution >= 0.6 is 0 Å². The molecule has 2 bridgehead atoms. The van der Waals surface area contributed by atoms with Gasteiger partial charge in [0.15, 0.2) is 0 Å². The Hall–Kier alpha value is -3.15. The molecule has 36 heavy (non-hydrogen) atoms. The van der Waals surface area contributed by atoms with Crippen LogP contribution in [0.25, 0.3) is 11.1 Å². The summed E-state index contributed by atoms with van der Waals surface area (Å²) in [5, 5.41) is 11.7. The molecule has 3 aromatic carbocycles. The minimum atomic E-state index is -0.977. The van der Waals surface area contributed by atoms with E-state index in [9.17, 15) is 9.90 Å². The second-order valence-corrected chi connectivity index (χ2v) is 10.8. The van der Waals surface area contributed by atoms with E-state index < -0.39 is 5.60 Å². The number of rotatable bonds is 4. The summed E-state index contributed by atoms with van der Waals surface area (Å²) in [7, 11) is 0. The number of carbonyl (C=O) groups excluding carboxylic acids is 1. The summed E-state index contributed by atoms with van der Waals surface area (Å²) < 4.78 is 11.8. The number of amides is 1. The maximum absolute atomic E-state index is 13.4. The Bertz CT molecular complexity index is 1210. The number of morpholine rings is 1. The van der Waals surface area contributed by atoms with Gasteiger partial charge >= 0.3 is 6.09 Å². The van der Waals surface area contributed by atoms with Crippen LogP contribution < -0.4 is 0 Å². The van der Waals surface area contributed by atoms with Crippen molar-refractivity contribution < 1.29 is 19.4 Å². The molecule has 2 aliphatic heterocycles. The minimum absolute atomic E-state index is 0.0265. The third-order valence-electron chi connectivity index (χ3n) is 8.22. The number of benzene rings is 3. The van der Waals surface area contributed by atoms with Gasteiger partial charge in [-0.2, -0.15) is 0 Å². The molecule has 3 aliphatic rings. The summed E-state index contributed by atoms with van der Waals surface area (Å²) in [6.07, 6.45) is 0.566. The van der Waals surface area contributed by atoms with Gasteiger partial charge in [-0.05, 0) is 39.3 Å². The Morgan fingerprint density at radius 3 is 2.06 bits per heavy atom. The first-order valence-corrected chi connectivity index (χ1v) is 13.0. The fourth-order valence-electron chi connectivity index (χ4n) is 6.36. The summed E-state index contributed by atoms with van der Waals surface area (Å²) in [6.45, 7) is 5.45. The molecule has 0 saturated carbocycles. The molecule has 1 amide bonds. The normalized spacial score (nSPS) is 24.9. The first-order valence-electron chi connectivity index (χ1n) is 13.0. The summed E-state index contributed by atoms with van der Waals surface area (Å²) in [4.78, 5) is 15.3. The maximum Gasteiger partial charge on any atom is 0.410 e. The largest absolute Gasteiger partial charge is 0.448 e. The molecule has 2 saturated heterocycles. The number of piperidine rings is 1. The van der Waals surface area contributed by atoms with Crippen molar-refractivity contribution in [2.45, 2.75) is 56.2 Å². The summed E-state index contributed by atoms with van der Waals surface area (Å²) in [5.41, 5.74) is 6.02. The molecule has 2 atom stereocenters. The van der Waals surface area contributed by atoms with Crippen LogP contribution in [0.3, 0.4) is 0 Å². The zero-order valence-electron chi connectivity index (χ0n) is 20.9. The van der Waals surface area contributed by atoms with Crippen molar-refractivity contribution in [2.75, 3.05) is 19.8 Å². The van der Waals surface area contributed by atoms with Crippen LogP contribution in [-0.4, -0.2) is 48.0 Å². The lowest BCUT2D eigenvalue weighted by molar-refractivity contribution is -0.136. The van der Waals surface area contributed by atoms with Crippen molar-refractivity contribution in [3.8, 4) is 11.1 Å². The number of fused-ring (bicyclic) bond motifs is 5. The highest BCUT2D eigenvalue weighted by molar-refractivity contribution is 5.79. The highest BCUT2D eigenvalue weighted by atomic mass is 16.6. The van der Waals surface area contributed by atoms with E-state index in [1.54, 1.807) is 0 Å². The lowest BCUT2D eigenvalue weighted by atomic mass is 9.76. The van der Waals surface area contributed by atoms with E-state index >= 15 is 0 Å². The fraction of sp³-hybridized carbons (Fsp3) is 0.387. The van der Waals surface area contributed by atoms with E-state index in [0.717, 1.165) is 5.56 Å². The molecule has 2 unspecified atom stereocenters. The number of hydrogen-bond donors (Lipinski definition) is 1. The van der Waals surface area contributed by atoms with Crippen LogP contribution in [0, 0.1) is 0 Å². The molecule has 5 heteroatoms. The van der Waals surface area contributed by atoms with Gasteiger partial charge in [0.1, 0.15) is 6.61 Å². The second-order valence-electron chi connectivity index (χ2n) is 10.8. The highest BCUT2D eigenvalue weighted by Gasteiger charge is 2.49. The molecule has 0 aromatic heterocycles. The lowest BCUT2D eigenvalue weighted by Gasteiger charge is -2.51. The third kappa shape index (κ3) is 3.91. The molecule has 3 aromatic rings. The van der Waals surface area contributed by atoms with Gasteiger partial charge in [-0.25, -0.2) is 4.79 Å². The van der Waals surface area contributed by atoms with Crippen LogP contribution in [0.1, 0.15) is 60.8 Å². The van der Waals surface area contributed by atoms with Crippen molar-refractivity contribution in [3.63, 3.8) is 0 Å². The average molecular weight is 484 g/mol. The molecule has 5 nitrogen and oxygen atoms in total. The van der Waals surface area contributed by atoms with Gasteiger partial charge in [-0.3, -0.25) is 4.90 Å². The number of hydrogen-bond acceptors (Lipinski definition) is 4. The molecule has 6 rings (SSSR count). The number of carbonyl (C=O) groups is 1. The lowest BCUT2D eigenvalue weighted by Crippen LogP contribution is -2.62. The van der Waals surface area contributed by atoms with Crippen LogP contribution in [0.15, 0.2) is 72.8 Å². The van der Waals surface area contributed by atoms with Crippen molar-refractivity contribution >= 4 is 6.09 Å². The second kappa shape index (κ2) is 9.06. The molecule has 2 fully saturated rings. The Morgan fingerprint density at radius 1 is 0.944 bits per heavy atom. The molecule has 1 N–H and O–H groups in total. The summed E-state index contributed by atoms with van der Waals surface area (Å²) in [5.74, 6) is 0.468. The fourth-order valence-corrected chi connectivity index (χ4v) is 6.36. The predicted octanol–water partition coefficient (Wildman–Crippen LogP) is 5.81. The first kappa shape index (κ1) is 23.3. The van der Waals surface area contributed by atoms with E-state index in [4.69, 9.17) is 9.47 Å². The Labute approximate surface area is 212 Å². The average Bonchev–Trinajstić information content (AvgIpc) is 3.20. The third-order valence-corrected chi connectivity index (χ3v) is 8.22. The molecule has 0 radical (unpaired) electrons. The quantitative estimate of drug-likeness (QED) is 0.509. The Balaban J connectivity index is 1.19. The van der Waals surface area contributed by atoms with E-state index in [-0.39, 0.29) is 24.1 Å². The first-order chi connectivity index (χ1) is 17.4. The standard InChI is InChI=1S/C31H33NO4/c1-20(2)21-11-13-22(14-12-21)31(34)15-23-17-35-18-24(16-31)32(23)30(33)36-19-29-27-9-5-3-7-25(27)26-8-4-6-10-28(26)29/h3-14,20,23-24,29,34H,15-19H2,1-2H3. The number of nitrogens with zero attached hydrogens (tertiary/aromatic N) is 1. The van der Waals surface area contributed by atoms with E-state index in [1.165, 1.54) is 27.8 Å². The van der Waals surface area contributed by atoms with Gasteiger partial charge < -0.3 is 14.6 Å². The zero-order valence-corrected chi connectivity index (χ0v) is 20.9. The number of ether oxygens (including phenoxy) is 2. The van der Waals surface area contributed by atoms with Crippen LogP contribution in [-0.2, 0) is 15.1 Å². The van der Waals surface area contributed by atoms with Crippen LogP contribution in [0.2, 0.25) is 0 Å². The summed E-state index contributed by atoms with van der Waals surface area (Å²) in [6, 6.07) is 24.5. The molecular formula is C31H33NO4. The monoisotopic (exact) mass is 483 g/mol. The van der Waals surface area contributed by atoms with Gasteiger partial charge in [0.2, 0.25) is 0 Å². The Kier molecular flexibility index (Phi) is 5.85. The van der Waals surface area contributed by atoms with Crippen molar-refractivity contribution in [2.24, 2.45) is 0 Å². The minimum Gasteiger partial charge on any atom is -0.448 e.